The van der Waals surface area contributed by atoms with E-state index in [1.807, 2.05) is 51.2 Å². The molecule has 0 saturated carbocycles. The van der Waals surface area contributed by atoms with Crippen LogP contribution in [0.5, 0.6) is 0 Å². The lowest BCUT2D eigenvalue weighted by Gasteiger charge is -2.39. The molecule has 0 aliphatic heterocycles. The van der Waals surface area contributed by atoms with Gasteiger partial charge in [0.2, 0.25) is 19.5 Å². The molecule has 1 rings (SSSR count). The van der Waals surface area contributed by atoms with Crippen molar-refractivity contribution in [3.05, 3.63) is 34.9 Å². The zero-order valence-electron chi connectivity index (χ0n) is 13.1. The third kappa shape index (κ3) is 4.50. The molecule has 3 nitrogen and oxygen atoms in total. The monoisotopic (exact) mass is 340 g/mol. The van der Waals surface area contributed by atoms with Gasteiger partial charge in [-0.25, -0.2) is 0 Å². The van der Waals surface area contributed by atoms with Gasteiger partial charge in [-0.15, -0.1) is 0 Å². The maximum Gasteiger partial charge on any atom is 0.229 e. The van der Waals surface area contributed by atoms with Crippen molar-refractivity contribution in [2.24, 2.45) is 5.41 Å². The Kier molecular flexibility index (Phi) is 7.29. The van der Waals surface area contributed by atoms with E-state index in [1.165, 1.54) is 0 Å². The molecule has 0 bridgehead atoms. The number of halogens is 1. The Morgan fingerprint density at radius 3 is 2.14 bits per heavy atom. The fourth-order valence-electron chi connectivity index (χ4n) is 2.53. The Balaban J connectivity index is 3.25. The summed E-state index contributed by atoms with van der Waals surface area (Å²) in [6, 6.07) is 7.47. The van der Waals surface area contributed by atoms with Crippen LogP contribution in [0.4, 0.5) is 0 Å². The van der Waals surface area contributed by atoms with Crippen LogP contribution in [0, 0.1) is 5.41 Å². The summed E-state index contributed by atoms with van der Waals surface area (Å²) < 4.78 is 11.5. The van der Waals surface area contributed by atoms with Gasteiger partial charge in [-0.05, 0) is 31.6 Å². The number of hydrogen-bond acceptors (Lipinski definition) is 3. The molecule has 0 N–H and O–H groups in total. The van der Waals surface area contributed by atoms with Crippen molar-refractivity contribution in [3.8, 4) is 0 Å². The summed E-state index contributed by atoms with van der Waals surface area (Å²) in [6.07, 6.45) is -0.436. The number of carbonyl (C=O) groups is 1. The number of ketones is 1. The molecule has 1 aromatic carbocycles. The van der Waals surface area contributed by atoms with Crippen molar-refractivity contribution in [1.82, 2.24) is 0 Å². The third-order valence-corrected chi connectivity index (χ3v) is 4.67. The molecule has 6 heteroatoms. The van der Waals surface area contributed by atoms with Gasteiger partial charge >= 0.3 is 0 Å². The molecule has 4 radical (unpaired) electrons. The molecule has 0 fully saturated rings. The highest BCUT2D eigenvalue weighted by molar-refractivity contribution is 6.31. The van der Waals surface area contributed by atoms with Gasteiger partial charge in [0.1, 0.15) is 12.1 Å². The second kappa shape index (κ2) is 8.24. The van der Waals surface area contributed by atoms with Crippen LogP contribution < -0.4 is 0 Å². The minimum atomic E-state index is -0.511. The van der Waals surface area contributed by atoms with Gasteiger partial charge < -0.3 is 8.85 Å². The summed E-state index contributed by atoms with van der Waals surface area (Å²) in [5.74, 6) is -0.312. The van der Waals surface area contributed by atoms with Crippen molar-refractivity contribution in [3.63, 3.8) is 0 Å². The number of rotatable bonds is 8. The van der Waals surface area contributed by atoms with Gasteiger partial charge in [0, 0.05) is 10.4 Å². The average molecular weight is 341 g/mol. The minimum Gasteiger partial charge on any atom is -0.394 e. The molecule has 0 spiro atoms. The van der Waals surface area contributed by atoms with E-state index in [2.05, 4.69) is 0 Å². The quantitative estimate of drug-likeness (QED) is 0.534. The summed E-state index contributed by atoms with van der Waals surface area (Å²) >= 11 is 6.30. The van der Waals surface area contributed by atoms with E-state index in [4.69, 9.17) is 20.5 Å². The smallest absolute Gasteiger partial charge is 0.229 e. The van der Waals surface area contributed by atoms with Gasteiger partial charge in [-0.3, -0.25) is 4.79 Å². The molecule has 0 saturated heterocycles. The lowest BCUT2D eigenvalue weighted by atomic mass is 9.72. The average Bonchev–Trinajstić information content (AvgIpc) is 2.40. The Hall–Kier alpha value is -0.466. The first-order valence-corrected chi connectivity index (χ1v) is 9.95. The van der Waals surface area contributed by atoms with E-state index in [0.29, 0.717) is 24.5 Å². The van der Waals surface area contributed by atoms with Crippen LogP contribution in [0.15, 0.2) is 24.3 Å². The Labute approximate surface area is 137 Å². The van der Waals surface area contributed by atoms with Crippen LogP contribution in [0.1, 0.15) is 32.3 Å². The normalized spacial score (nSPS) is 13.5. The first-order chi connectivity index (χ1) is 9.86. The molecular formula is C15H21ClO3Si2. The predicted molar refractivity (Wildman–Crippen MR) is 87.8 cm³/mol. The largest absolute Gasteiger partial charge is 0.394 e. The maximum absolute atomic E-state index is 12.3. The summed E-state index contributed by atoms with van der Waals surface area (Å²) in [5.41, 5.74) is 0.316. The molecule has 1 aromatic rings. The molecule has 21 heavy (non-hydrogen) atoms. The summed E-state index contributed by atoms with van der Waals surface area (Å²) in [6.45, 7) is 9.48. The summed E-state index contributed by atoms with van der Waals surface area (Å²) in [4.78, 5) is 12.3. The molecule has 0 aromatic heterocycles. The van der Waals surface area contributed by atoms with Crippen molar-refractivity contribution in [2.75, 3.05) is 0 Å². The molecule has 0 aliphatic carbocycles. The van der Waals surface area contributed by atoms with Gasteiger partial charge in [-0.2, -0.15) is 0 Å². The summed E-state index contributed by atoms with van der Waals surface area (Å²) in [7, 11) is 0.596. The summed E-state index contributed by atoms with van der Waals surface area (Å²) in [5, 5.41) is 0.599. The lowest BCUT2D eigenvalue weighted by Crippen LogP contribution is -2.42. The van der Waals surface area contributed by atoms with Crippen molar-refractivity contribution >= 4 is 36.9 Å². The zero-order valence-corrected chi connectivity index (χ0v) is 15.8. The van der Waals surface area contributed by atoms with Crippen LogP contribution in [0.3, 0.4) is 0 Å². The second-order valence-electron chi connectivity index (χ2n) is 5.36. The molecular weight excluding hydrogens is 320 g/mol. The Morgan fingerprint density at radius 2 is 1.71 bits per heavy atom. The lowest BCUT2D eigenvalue weighted by molar-refractivity contribution is -0.131. The van der Waals surface area contributed by atoms with E-state index in [9.17, 15) is 4.79 Å². The van der Waals surface area contributed by atoms with Gasteiger partial charge in [0.15, 0.2) is 0 Å². The van der Waals surface area contributed by atoms with E-state index >= 15 is 0 Å². The van der Waals surface area contributed by atoms with Gasteiger partial charge in [0.25, 0.3) is 0 Å². The van der Waals surface area contributed by atoms with Crippen molar-refractivity contribution in [2.45, 2.75) is 46.1 Å². The van der Waals surface area contributed by atoms with Gasteiger partial charge in [-0.1, -0.05) is 43.6 Å². The van der Waals surface area contributed by atoms with E-state index in [-0.39, 0.29) is 11.7 Å². The fourth-order valence-corrected chi connectivity index (χ4v) is 4.00. The first-order valence-electron chi connectivity index (χ1n) is 6.75. The molecule has 1 unspecified atom stereocenters. The van der Waals surface area contributed by atoms with Crippen LogP contribution in [-0.2, 0) is 13.6 Å². The molecule has 114 valence electrons. The Bertz CT molecular complexity index is 474. The van der Waals surface area contributed by atoms with E-state index in [0.717, 1.165) is 5.56 Å². The van der Waals surface area contributed by atoms with E-state index < -0.39 is 11.7 Å². The number of benzene rings is 1. The zero-order chi connectivity index (χ0) is 16.0. The van der Waals surface area contributed by atoms with Crippen molar-refractivity contribution in [1.29, 1.82) is 0 Å². The highest BCUT2D eigenvalue weighted by Crippen LogP contribution is 2.43. The van der Waals surface area contributed by atoms with Crippen molar-refractivity contribution < 1.29 is 13.6 Å². The maximum atomic E-state index is 12.3. The molecule has 0 amide bonds. The third-order valence-electron chi connectivity index (χ3n) is 3.42. The highest BCUT2D eigenvalue weighted by Gasteiger charge is 2.42. The standard InChI is InChI=1S/C15H21ClO3Si2/c1-10(17)13(11-8-6-7-9-12(11)16)15(2,3)14(18-20-4)19-21-5/h6-9,13-14H,1-5H3. The second-order valence-corrected chi connectivity index (χ2v) is 7.06. The molecule has 0 aliphatic rings. The SMILES string of the molecule is C[Si]OC(O[Si]C)C(C)(C)C(C(C)=O)c1ccccc1Cl. The molecule has 0 heterocycles. The molecule has 1 atom stereocenters. The first kappa shape index (κ1) is 18.6. The highest BCUT2D eigenvalue weighted by atomic mass is 35.5. The van der Waals surface area contributed by atoms with E-state index in [1.54, 1.807) is 6.92 Å². The topological polar surface area (TPSA) is 35.5 Å². The fraction of sp³-hybridized carbons (Fsp3) is 0.533. The number of carbonyl (C=O) groups excluding carboxylic acids is 1. The van der Waals surface area contributed by atoms with Crippen LogP contribution in [0.2, 0.25) is 18.1 Å². The minimum absolute atomic E-state index is 0.0594. The van der Waals surface area contributed by atoms with Gasteiger partial charge in [0.05, 0.1) is 5.92 Å². The van der Waals surface area contributed by atoms with Crippen LogP contribution >= 0.6 is 11.6 Å². The predicted octanol–water partition coefficient (Wildman–Crippen LogP) is 3.73. The Morgan fingerprint density at radius 1 is 1.19 bits per heavy atom. The number of hydrogen-bond donors (Lipinski definition) is 0. The number of Topliss-reactive ketones (excluding diaryl/α,β-unsaturated/α-hetero) is 1. The van der Waals surface area contributed by atoms with Crippen LogP contribution in [0.25, 0.3) is 0 Å². The van der Waals surface area contributed by atoms with Crippen LogP contribution in [-0.4, -0.2) is 31.6 Å².